The first-order valence-corrected chi connectivity index (χ1v) is 5.00. The second-order valence-corrected chi connectivity index (χ2v) is 4.44. The van der Waals surface area contributed by atoms with Crippen LogP contribution in [0.2, 0.25) is 0 Å². The Bertz CT molecular complexity index is 381. The van der Waals surface area contributed by atoms with Gasteiger partial charge in [0.15, 0.2) is 11.5 Å². The maximum atomic E-state index is 11.6. The molecular formula is C9H11NO3S. The summed E-state index contributed by atoms with van der Waals surface area (Å²) in [5.41, 5.74) is -0.119. The van der Waals surface area contributed by atoms with Crippen molar-refractivity contribution in [3.63, 3.8) is 0 Å². The summed E-state index contributed by atoms with van der Waals surface area (Å²) in [4.78, 5) is 26.4. The number of aromatic carboxylic acids is 1. The van der Waals surface area contributed by atoms with Gasteiger partial charge >= 0.3 is 5.97 Å². The second kappa shape index (κ2) is 3.88. The van der Waals surface area contributed by atoms with E-state index in [1.807, 2.05) is 0 Å². The molecule has 1 rings (SSSR count). The third-order valence-corrected chi connectivity index (χ3v) is 2.67. The zero-order chi connectivity index (χ0) is 10.9. The molecule has 1 aromatic heterocycles. The number of carboxylic acid groups (broad SMARTS) is 1. The van der Waals surface area contributed by atoms with Crippen LogP contribution in [0.15, 0.2) is 0 Å². The average molecular weight is 213 g/mol. The van der Waals surface area contributed by atoms with Crippen molar-refractivity contribution in [2.75, 3.05) is 0 Å². The van der Waals surface area contributed by atoms with E-state index in [0.717, 1.165) is 11.3 Å². The van der Waals surface area contributed by atoms with Crippen LogP contribution >= 0.6 is 11.3 Å². The standard InChI is InChI=1S/C9H11NO3S/c1-4(2)7(11)8-6(9(12)13)10-5(3)14-8/h4H,1-3H3,(H,12,13). The lowest BCUT2D eigenvalue weighted by Crippen LogP contribution is -2.11. The van der Waals surface area contributed by atoms with Gasteiger partial charge in [0.2, 0.25) is 0 Å². The Hall–Kier alpha value is -1.23. The van der Waals surface area contributed by atoms with Crippen LogP contribution < -0.4 is 0 Å². The van der Waals surface area contributed by atoms with Gasteiger partial charge in [-0.15, -0.1) is 11.3 Å². The van der Waals surface area contributed by atoms with Crippen LogP contribution in [0.3, 0.4) is 0 Å². The van der Waals surface area contributed by atoms with Gasteiger partial charge in [-0.1, -0.05) is 13.8 Å². The van der Waals surface area contributed by atoms with Gasteiger partial charge in [-0.3, -0.25) is 4.79 Å². The van der Waals surface area contributed by atoms with Crippen molar-refractivity contribution in [1.29, 1.82) is 0 Å². The molecular weight excluding hydrogens is 202 g/mol. The van der Waals surface area contributed by atoms with E-state index in [1.165, 1.54) is 0 Å². The number of carboxylic acids is 1. The van der Waals surface area contributed by atoms with Crippen molar-refractivity contribution in [2.45, 2.75) is 20.8 Å². The van der Waals surface area contributed by atoms with Crippen LogP contribution in [0.25, 0.3) is 0 Å². The van der Waals surface area contributed by atoms with Crippen molar-refractivity contribution in [2.24, 2.45) is 5.92 Å². The minimum absolute atomic E-state index is 0.119. The van der Waals surface area contributed by atoms with E-state index >= 15 is 0 Å². The first-order valence-electron chi connectivity index (χ1n) is 4.18. The zero-order valence-electron chi connectivity index (χ0n) is 8.20. The third kappa shape index (κ3) is 1.98. The lowest BCUT2D eigenvalue weighted by Gasteiger charge is -2.00. The first kappa shape index (κ1) is 10.8. The van der Waals surface area contributed by atoms with Crippen LogP contribution in [0.4, 0.5) is 0 Å². The van der Waals surface area contributed by atoms with Crippen LogP contribution in [0.5, 0.6) is 0 Å². The fraction of sp³-hybridized carbons (Fsp3) is 0.444. The quantitative estimate of drug-likeness (QED) is 0.780. The molecule has 0 aromatic carbocycles. The van der Waals surface area contributed by atoms with E-state index in [9.17, 15) is 9.59 Å². The Labute approximate surface area is 85.6 Å². The number of carbonyl (C=O) groups is 2. The van der Waals surface area contributed by atoms with Crippen molar-refractivity contribution >= 4 is 23.1 Å². The summed E-state index contributed by atoms with van der Waals surface area (Å²) in [6.07, 6.45) is 0. The maximum absolute atomic E-state index is 11.6. The van der Waals surface area contributed by atoms with E-state index in [-0.39, 0.29) is 22.3 Å². The molecule has 5 heteroatoms. The molecule has 0 fully saturated rings. The van der Waals surface area contributed by atoms with Gasteiger partial charge in [-0.2, -0.15) is 0 Å². The first-order chi connectivity index (χ1) is 6.43. The summed E-state index contributed by atoms with van der Waals surface area (Å²) in [5, 5.41) is 9.40. The Morgan fingerprint density at radius 1 is 1.43 bits per heavy atom. The Balaban J connectivity index is 3.20. The molecule has 1 heterocycles. The predicted octanol–water partition coefficient (Wildman–Crippen LogP) is 1.99. The van der Waals surface area contributed by atoms with E-state index in [4.69, 9.17) is 5.11 Å². The highest BCUT2D eigenvalue weighted by Crippen LogP contribution is 2.21. The molecule has 1 N–H and O–H groups in total. The number of nitrogens with zero attached hydrogens (tertiary/aromatic N) is 1. The van der Waals surface area contributed by atoms with Crippen LogP contribution in [0, 0.1) is 12.8 Å². The Morgan fingerprint density at radius 3 is 2.43 bits per heavy atom. The van der Waals surface area contributed by atoms with Gasteiger partial charge in [0.25, 0.3) is 0 Å². The second-order valence-electron chi connectivity index (χ2n) is 3.23. The maximum Gasteiger partial charge on any atom is 0.356 e. The Morgan fingerprint density at radius 2 is 2.00 bits per heavy atom. The summed E-state index contributed by atoms with van der Waals surface area (Å²) >= 11 is 1.14. The molecule has 76 valence electrons. The van der Waals surface area contributed by atoms with Gasteiger partial charge in [0.1, 0.15) is 4.88 Å². The monoisotopic (exact) mass is 213 g/mol. The highest BCUT2D eigenvalue weighted by Gasteiger charge is 2.23. The van der Waals surface area contributed by atoms with Gasteiger partial charge in [0.05, 0.1) is 5.01 Å². The number of hydrogen-bond acceptors (Lipinski definition) is 4. The normalized spacial score (nSPS) is 10.6. The van der Waals surface area contributed by atoms with Crippen LogP contribution in [-0.4, -0.2) is 21.8 Å². The molecule has 0 atom stereocenters. The highest BCUT2D eigenvalue weighted by molar-refractivity contribution is 7.14. The lowest BCUT2D eigenvalue weighted by molar-refractivity contribution is 0.0685. The molecule has 0 radical (unpaired) electrons. The minimum atomic E-state index is -1.14. The average Bonchev–Trinajstić information content (AvgIpc) is 2.45. The van der Waals surface area contributed by atoms with Crippen LogP contribution in [-0.2, 0) is 0 Å². The molecule has 0 saturated heterocycles. The molecule has 4 nitrogen and oxygen atoms in total. The molecule has 0 spiro atoms. The molecule has 1 aromatic rings. The highest BCUT2D eigenvalue weighted by atomic mass is 32.1. The molecule has 0 aliphatic rings. The topological polar surface area (TPSA) is 67.3 Å². The zero-order valence-corrected chi connectivity index (χ0v) is 9.01. The van der Waals surface area contributed by atoms with Gasteiger partial charge < -0.3 is 5.11 Å². The molecule has 0 aliphatic heterocycles. The number of Topliss-reactive ketones (excluding diaryl/α,β-unsaturated/α-hetero) is 1. The summed E-state index contributed by atoms with van der Waals surface area (Å²) in [6.45, 7) is 5.17. The number of hydrogen-bond donors (Lipinski definition) is 1. The van der Waals surface area contributed by atoms with Crippen molar-refractivity contribution in [3.05, 3.63) is 15.6 Å². The summed E-state index contributed by atoms with van der Waals surface area (Å²) in [7, 11) is 0. The van der Waals surface area contributed by atoms with Gasteiger partial charge in [0, 0.05) is 5.92 Å². The van der Waals surface area contributed by atoms with Gasteiger partial charge in [-0.05, 0) is 6.92 Å². The van der Waals surface area contributed by atoms with Crippen molar-refractivity contribution < 1.29 is 14.7 Å². The predicted molar refractivity (Wildman–Crippen MR) is 53.0 cm³/mol. The third-order valence-electron chi connectivity index (χ3n) is 1.68. The fourth-order valence-electron chi connectivity index (χ4n) is 1.00. The molecule has 0 bridgehead atoms. The van der Waals surface area contributed by atoms with E-state index in [1.54, 1.807) is 20.8 Å². The SMILES string of the molecule is Cc1nc(C(=O)O)c(C(=O)C(C)C)s1. The smallest absolute Gasteiger partial charge is 0.356 e. The molecule has 0 amide bonds. The lowest BCUT2D eigenvalue weighted by atomic mass is 10.1. The van der Waals surface area contributed by atoms with Gasteiger partial charge in [-0.25, -0.2) is 9.78 Å². The fourth-order valence-corrected chi connectivity index (χ4v) is 2.00. The largest absolute Gasteiger partial charge is 0.476 e. The number of carbonyl (C=O) groups excluding carboxylic acids is 1. The molecule has 14 heavy (non-hydrogen) atoms. The van der Waals surface area contributed by atoms with Crippen LogP contribution in [0.1, 0.15) is 39.0 Å². The number of aryl methyl sites for hydroxylation is 1. The van der Waals surface area contributed by atoms with Crippen molar-refractivity contribution in [1.82, 2.24) is 4.98 Å². The van der Waals surface area contributed by atoms with E-state index in [0.29, 0.717) is 5.01 Å². The van der Waals surface area contributed by atoms with E-state index < -0.39 is 5.97 Å². The molecule has 0 aliphatic carbocycles. The molecule has 0 saturated carbocycles. The van der Waals surface area contributed by atoms with Crippen molar-refractivity contribution in [3.8, 4) is 0 Å². The summed E-state index contributed by atoms with van der Waals surface area (Å²) < 4.78 is 0. The molecule has 0 unspecified atom stereocenters. The van der Waals surface area contributed by atoms with E-state index in [2.05, 4.69) is 4.98 Å². The number of aromatic nitrogens is 1. The summed E-state index contributed by atoms with van der Waals surface area (Å²) in [5.74, 6) is -1.50. The number of thiazole rings is 1. The number of rotatable bonds is 3. The Kier molecular flexibility index (Phi) is 3.00. The summed E-state index contributed by atoms with van der Waals surface area (Å²) in [6, 6.07) is 0. The number of ketones is 1. The minimum Gasteiger partial charge on any atom is -0.476 e.